The van der Waals surface area contributed by atoms with Crippen LogP contribution in [0.5, 0.6) is 0 Å². The van der Waals surface area contributed by atoms with Gasteiger partial charge in [0.05, 0.1) is 6.26 Å². The highest BCUT2D eigenvalue weighted by molar-refractivity contribution is 5.39. The highest BCUT2D eigenvalue weighted by Crippen LogP contribution is 2.15. The first-order chi connectivity index (χ1) is 3.72. The predicted octanol–water partition coefficient (Wildman–Crippen LogP) is 1.48. The van der Waals surface area contributed by atoms with E-state index in [2.05, 4.69) is 0 Å². The van der Waals surface area contributed by atoms with Gasteiger partial charge >= 0.3 is 0 Å². The summed E-state index contributed by atoms with van der Waals surface area (Å²) in [6.07, 6.45) is 1.66. The topological polar surface area (TPSA) is 39.2 Å². The molecule has 0 amide bonds. The zero-order chi connectivity index (χ0) is 6.15. The van der Waals surface area contributed by atoms with Crippen LogP contribution in [0.15, 0.2) is 10.7 Å². The first kappa shape index (κ1) is 5.22. The maximum absolute atomic E-state index is 5.37. The van der Waals surface area contributed by atoms with Gasteiger partial charge in [-0.1, -0.05) is 0 Å². The van der Waals surface area contributed by atoms with E-state index in [0.717, 1.165) is 11.1 Å². The molecule has 2 heteroatoms. The molecule has 0 bridgehead atoms. The van der Waals surface area contributed by atoms with Crippen LogP contribution in [-0.2, 0) is 0 Å². The van der Waals surface area contributed by atoms with Crippen molar-refractivity contribution in [2.45, 2.75) is 13.8 Å². The van der Waals surface area contributed by atoms with Crippen molar-refractivity contribution in [2.75, 3.05) is 5.73 Å². The number of hydrogen-bond donors (Lipinski definition) is 1. The molecule has 0 saturated carbocycles. The van der Waals surface area contributed by atoms with E-state index in [1.165, 1.54) is 0 Å². The van der Waals surface area contributed by atoms with Gasteiger partial charge in [0.25, 0.3) is 0 Å². The molecule has 2 nitrogen and oxygen atoms in total. The molecule has 0 aromatic carbocycles. The lowest BCUT2D eigenvalue weighted by Gasteiger charge is -1.84. The van der Waals surface area contributed by atoms with Gasteiger partial charge in [-0.25, -0.2) is 0 Å². The smallest absolute Gasteiger partial charge is 0.193 e. The second-order valence-corrected chi connectivity index (χ2v) is 1.91. The fourth-order valence-corrected chi connectivity index (χ4v) is 0.523. The van der Waals surface area contributed by atoms with Crippen LogP contribution in [-0.4, -0.2) is 0 Å². The maximum Gasteiger partial charge on any atom is 0.193 e. The van der Waals surface area contributed by atoms with Gasteiger partial charge in [-0.2, -0.15) is 0 Å². The van der Waals surface area contributed by atoms with E-state index >= 15 is 0 Å². The molecule has 8 heavy (non-hydrogen) atoms. The van der Waals surface area contributed by atoms with Gasteiger partial charge in [0.15, 0.2) is 5.88 Å². The molecule has 0 radical (unpaired) electrons. The zero-order valence-electron chi connectivity index (χ0n) is 5.06. The normalized spacial score (nSPS) is 9.75. The molecule has 2 N–H and O–H groups in total. The van der Waals surface area contributed by atoms with Gasteiger partial charge < -0.3 is 10.2 Å². The monoisotopic (exact) mass is 111 g/mol. The summed E-state index contributed by atoms with van der Waals surface area (Å²) in [5, 5.41) is 0. The highest BCUT2D eigenvalue weighted by Gasteiger charge is 1.98. The van der Waals surface area contributed by atoms with Gasteiger partial charge in [0, 0.05) is 5.56 Å². The van der Waals surface area contributed by atoms with Crippen molar-refractivity contribution in [3.63, 3.8) is 0 Å². The van der Waals surface area contributed by atoms with Crippen molar-refractivity contribution in [2.24, 2.45) is 0 Å². The number of nitrogen functional groups attached to an aromatic ring is 1. The Hall–Kier alpha value is -0.920. The van der Waals surface area contributed by atoms with E-state index in [-0.39, 0.29) is 0 Å². The zero-order valence-corrected chi connectivity index (χ0v) is 5.06. The minimum atomic E-state index is 0.530. The second kappa shape index (κ2) is 1.54. The van der Waals surface area contributed by atoms with Gasteiger partial charge in [0.2, 0.25) is 0 Å². The van der Waals surface area contributed by atoms with E-state index in [1.54, 1.807) is 6.26 Å². The number of hydrogen-bond acceptors (Lipinski definition) is 2. The Bertz CT molecular complexity index is 171. The minimum Gasteiger partial charge on any atom is -0.449 e. The first-order valence-electron chi connectivity index (χ1n) is 2.52. The molecule has 0 aliphatic heterocycles. The summed E-state index contributed by atoms with van der Waals surface area (Å²) in [5.74, 6) is 0.530. The Morgan fingerprint density at radius 1 is 1.50 bits per heavy atom. The average molecular weight is 111 g/mol. The molecule has 0 aliphatic carbocycles. The quantitative estimate of drug-likeness (QED) is 0.550. The van der Waals surface area contributed by atoms with Crippen LogP contribution in [0.2, 0.25) is 0 Å². The summed E-state index contributed by atoms with van der Waals surface area (Å²) >= 11 is 0. The minimum absolute atomic E-state index is 0.530. The summed E-state index contributed by atoms with van der Waals surface area (Å²) in [6.45, 7) is 3.91. The average Bonchev–Trinajstić information content (AvgIpc) is 1.98. The van der Waals surface area contributed by atoms with Gasteiger partial charge in [0.1, 0.15) is 0 Å². The molecule has 0 aliphatic rings. The van der Waals surface area contributed by atoms with Crippen LogP contribution in [0.3, 0.4) is 0 Å². The molecular formula is C6H9NO. The van der Waals surface area contributed by atoms with Crippen molar-refractivity contribution in [1.29, 1.82) is 0 Å². The van der Waals surface area contributed by atoms with Crippen LogP contribution >= 0.6 is 0 Å². The van der Waals surface area contributed by atoms with E-state index in [9.17, 15) is 0 Å². The third-order valence-corrected chi connectivity index (χ3v) is 1.32. The molecule has 1 rings (SSSR count). The van der Waals surface area contributed by atoms with Crippen LogP contribution < -0.4 is 5.73 Å². The lowest BCUT2D eigenvalue weighted by Crippen LogP contribution is -1.82. The fourth-order valence-electron chi connectivity index (χ4n) is 0.523. The van der Waals surface area contributed by atoms with E-state index in [4.69, 9.17) is 10.2 Å². The third-order valence-electron chi connectivity index (χ3n) is 1.32. The second-order valence-electron chi connectivity index (χ2n) is 1.91. The number of rotatable bonds is 0. The highest BCUT2D eigenvalue weighted by atomic mass is 16.3. The van der Waals surface area contributed by atoms with Crippen LogP contribution in [0, 0.1) is 13.8 Å². The van der Waals surface area contributed by atoms with Crippen molar-refractivity contribution < 1.29 is 4.42 Å². The van der Waals surface area contributed by atoms with E-state index in [0.29, 0.717) is 5.88 Å². The molecule has 0 spiro atoms. The molecule has 0 unspecified atom stereocenters. The van der Waals surface area contributed by atoms with Crippen molar-refractivity contribution in [3.05, 3.63) is 17.4 Å². The lowest BCUT2D eigenvalue weighted by atomic mass is 10.2. The molecule has 1 aromatic heterocycles. The van der Waals surface area contributed by atoms with Crippen molar-refractivity contribution in [1.82, 2.24) is 0 Å². The summed E-state index contributed by atoms with van der Waals surface area (Å²) in [6, 6.07) is 0. The standard InChI is InChI=1S/C6H9NO/c1-4-3-8-6(7)5(4)2/h3H,7H2,1-2H3. The maximum atomic E-state index is 5.37. The Morgan fingerprint density at radius 3 is 2.25 bits per heavy atom. The van der Waals surface area contributed by atoms with Crippen LogP contribution in [0.1, 0.15) is 11.1 Å². The van der Waals surface area contributed by atoms with Gasteiger partial charge in [-0.3, -0.25) is 0 Å². The van der Waals surface area contributed by atoms with E-state index in [1.807, 2.05) is 13.8 Å². The first-order valence-corrected chi connectivity index (χ1v) is 2.52. The number of nitrogens with two attached hydrogens (primary N) is 1. The Balaban J connectivity index is 3.19. The molecule has 44 valence electrons. The third kappa shape index (κ3) is 0.579. The van der Waals surface area contributed by atoms with Gasteiger partial charge in [-0.15, -0.1) is 0 Å². The van der Waals surface area contributed by atoms with Crippen LogP contribution in [0.25, 0.3) is 0 Å². The molecule has 0 fully saturated rings. The number of furan rings is 1. The van der Waals surface area contributed by atoms with E-state index < -0.39 is 0 Å². The molecule has 1 heterocycles. The Morgan fingerprint density at radius 2 is 2.12 bits per heavy atom. The predicted molar refractivity (Wildman–Crippen MR) is 32.6 cm³/mol. The largest absolute Gasteiger partial charge is 0.449 e. The molecular weight excluding hydrogens is 102 g/mol. The molecule has 0 atom stereocenters. The van der Waals surface area contributed by atoms with Crippen LogP contribution in [0.4, 0.5) is 5.88 Å². The number of anilines is 1. The summed E-state index contributed by atoms with van der Waals surface area (Å²) < 4.78 is 4.87. The SMILES string of the molecule is Cc1coc(N)c1C. The molecule has 0 saturated heterocycles. The summed E-state index contributed by atoms with van der Waals surface area (Å²) in [4.78, 5) is 0. The Kier molecular flexibility index (Phi) is 1.01. The van der Waals surface area contributed by atoms with Crippen molar-refractivity contribution >= 4 is 5.88 Å². The summed E-state index contributed by atoms with van der Waals surface area (Å²) in [7, 11) is 0. The van der Waals surface area contributed by atoms with Crippen molar-refractivity contribution in [3.8, 4) is 0 Å². The molecule has 1 aromatic rings. The fraction of sp³-hybridized carbons (Fsp3) is 0.333. The number of aryl methyl sites for hydroxylation is 1. The lowest BCUT2D eigenvalue weighted by molar-refractivity contribution is 0.584. The summed E-state index contributed by atoms with van der Waals surface area (Å²) in [5.41, 5.74) is 7.53. The Labute approximate surface area is 48.3 Å². The van der Waals surface area contributed by atoms with Gasteiger partial charge in [-0.05, 0) is 19.4 Å².